The van der Waals surface area contributed by atoms with Gasteiger partial charge in [-0.05, 0) is 38.0 Å². The van der Waals surface area contributed by atoms with E-state index in [1.54, 1.807) is 0 Å². The van der Waals surface area contributed by atoms with Gasteiger partial charge < -0.3 is 10.0 Å². The standard InChI is InChI=1S/C15H25NO3/c17-14(10-12-6-2-1-3-7-12)16-9-5-4-8-13(16)11-15(18)19/h12-13H,1-11H2,(H,18,19). The first-order chi connectivity index (χ1) is 9.16. The summed E-state index contributed by atoms with van der Waals surface area (Å²) in [6, 6.07) is -0.0673. The summed E-state index contributed by atoms with van der Waals surface area (Å²) in [4.78, 5) is 25.1. The molecule has 4 heteroatoms. The first kappa shape index (κ1) is 14.4. The predicted octanol–water partition coefficient (Wildman–Crippen LogP) is 2.81. The molecule has 1 atom stereocenters. The fourth-order valence-electron chi connectivity index (χ4n) is 3.50. The Balaban J connectivity index is 1.88. The van der Waals surface area contributed by atoms with Crippen molar-refractivity contribution in [2.24, 2.45) is 5.92 Å². The lowest BCUT2D eigenvalue weighted by molar-refractivity contribution is -0.142. The number of hydrogen-bond acceptors (Lipinski definition) is 2. The lowest BCUT2D eigenvalue weighted by atomic mass is 9.86. The number of likely N-dealkylation sites (tertiary alicyclic amines) is 1. The van der Waals surface area contributed by atoms with Crippen LogP contribution in [0.25, 0.3) is 0 Å². The summed E-state index contributed by atoms with van der Waals surface area (Å²) in [5.74, 6) is -0.0612. The summed E-state index contributed by atoms with van der Waals surface area (Å²) < 4.78 is 0. The van der Waals surface area contributed by atoms with Crippen LogP contribution in [0.3, 0.4) is 0 Å². The van der Waals surface area contributed by atoms with E-state index >= 15 is 0 Å². The second kappa shape index (κ2) is 6.92. The summed E-state index contributed by atoms with van der Waals surface area (Å²) in [5.41, 5.74) is 0. The highest BCUT2D eigenvalue weighted by molar-refractivity contribution is 5.78. The SMILES string of the molecule is O=C(O)CC1CCCCN1C(=O)CC1CCCCC1. The van der Waals surface area contributed by atoms with Crippen LogP contribution < -0.4 is 0 Å². The van der Waals surface area contributed by atoms with Gasteiger partial charge in [0.2, 0.25) is 5.91 Å². The van der Waals surface area contributed by atoms with E-state index in [-0.39, 0.29) is 18.4 Å². The number of carboxylic acids is 1. The second-order valence-electron chi connectivity index (χ2n) is 6.04. The summed E-state index contributed by atoms with van der Waals surface area (Å²) >= 11 is 0. The van der Waals surface area contributed by atoms with Crippen LogP contribution in [0.5, 0.6) is 0 Å². The molecule has 1 unspecified atom stereocenters. The summed E-state index contributed by atoms with van der Waals surface area (Å²) in [6.07, 6.45) is 9.79. The molecule has 1 saturated heterocycles. The Morgan fingerprint density at radius 3 is 2.32 bits per heavy atom. The molecule has 1 saturated carbocycles. The van der Waals surface area contributed by atoms with E-state index in [0.29, 0.717) is 12.3 Å². The average Bonchev–Trinajstić information content (AvgIpc) is 2.39. The van der Waals surface area contributed by atoms with Gasteiger partial charge in [-0.15, -0.1) is 0 Å². The van der Waals surface area contributed by atoms with Crippen LogP contribution >= 0.6 is 0 Å². The Labute approximate surface area is 115 Å². The first-order valence-electron chi connectivity index (χ1n) is 7.68. The minimum atomic E-state index is -0.789. The van der Waals surface area contributed by atoms with Gasteiger partial charge in [-0.3, -0.25) is 9.59 Å². The van der Waals surface area contributed by atoms with Gasteiger partial charge in [-0.25, -0.2) is 0 Å². The van der Waals surface area contributed by atoms with Crippen molar-refractivity contribution in [3.63, 3.8) is 0 Å². The number of aliphatic carboxylic acids is 1. The molecule has 108 valence electrons. The fraction of sp³-hybridized carbons (Fsp3) is 0.867. The summed E-state index contributed by atoms with van der Waals surface area (Å²) in [7, 11) is 0. The Bertz CT molecular complexity index is 323. The zero-order valence-electron chi connectivity index (χ0n) is 11.6. The third kappa shape index (κ3) is 4.22. The maximum absolute atomic E-state index is 12.4. The van der Waals surface area contributed by atoms with Gasteiger partial charge in [-0.1, -0.05) is 19.3 Å². The molecule has 0 radical (unpaired) electrons. The van der Waals surface area contributed by atoms with Crippen molar-refractivity contribution in [1.82, 2.24) is 4.90 Å². The minimum absolute atomic E-state index is 0.0673. The number of hydrogen-bond donors (Lipinski definition) is 1. The van der Waals surface area contributed by atoms with E-state index < -0.39 is 5.97 Å². The maximum Gasteiger partial charge on any atom is 0.305 e. The van der Waals surface area contributed by atoms with Gasteiger partial charge in [0, 0.05) is 19.0 Å². The van der Waals surface area contributed by atoms with Gasteiger partial charge in [0.25, 0.3) is 0 Å². The Hall–Kier alpha value is -1.06. The van der Waals surface area contributed by atoms with Crippen molar-refractivity contribution < 1.29 is 14.7 Å². The fourth-order valence-corrected chi connectivity index (χ4v) is 3.50. The monoisotopic (exact) mass is 267 g/mol. The highest BCUT2D eigenvalue weighted by Crippen LogP contribution is 2.28. The number of rotatable bonds is 4. The van der Waals surface area contributed by atoms with Crippen molar-refractivity contribution in [1.29, 1.82) is 0 Å². The van der Waals surface area contributed by atoms with Gasteiger partial charge in [0.1, 0.15) is 0 Å². The molecule has 0 bridgehead atoms. The van der Waals surface area contributed by atoms with Crippen molar-refractivity contribution in [2.45, 2.75) is 70.3 Å². The largest absolute Gasteiger partial charge is 0.481 e. The predicted molar refractivity (Wildman–Crippen MR) is 72.8 cm³/mol. The molecule has 1 amide bonds. The zero-order chi connectivity index (χ0) is 13.7. The molecule has 2 aliphatic rings. The second-order valence-corrected chi connectivity index (χ2v) is 6.04. The normalized spacial score (nSPS) is 25.3. The average molecular weight is 267 g/mol. The quantitative estimate of drug-likeness (QED) is 0.852. The molecule has 1 aliphatic carbocycles. The molecule has 0 spiro atoms. The van der Waals surface area contributed by atoms with Crippen LogP contribution in [0, 0.1) is 5.92 Å². The molecule has 0 aromatic rings. The molecular weight excluding hydrogens is 242 g/mol. The van der Waals surface area contributed by atoms with E-state index in [2.05, 4.69) is 0 Å². The third-order valence-corrected chi connectivity index (χ3v) is 4.55. The van der Waals surface area contributed by atoms with E-state index in [4.69, 9.17) is 5.11 Å². The van der Waals surface area contributed by atoms with Crippen LogP contribution in [0.1, 0.15) is 64.2 Å². The van der Waals surface area contributed by atoms with Gasteiger partial charge in [0.15, 0.2) is 0 Å². The molecule has 19 heavy (non-hydrogen) atoms. The molecule has 2 rings (SSSR count). The van der Waals surface area contributed by atoms with Crippen molar-refractivity contribution in [3.8, 4) is 0 Å². The van der Waals surface area contributed by atoms with Crippen molar-refractivity contribution >= 4 is 11.9 Å². The summed E-state index contributed by atoms with van der Waals surface area (Å²) in [6.45, 7) is 0.753. The number of carboxylic acid groups (broad SMARTS) is 1. The smallest absolute Gasteiger partial charge is 0.305 e. The molecule has 4 nitrogen and oxygen atoms in total. The van der Waals surface area contributed by atoms with E-state index in [9.17, 15) is 9.59 Å². The number of carbonyl (C=O) groups is 2. The van der Waals surface area contributed by atoms with Crippen LogP contribution in [-0.4, -0.2) is 34.5 Å². The Kier molecular flexibility index (Phi) is 5.23. The van der Waals surface area contributed by atoms with Crippen LogP contribution in [-0.2, 0) is 9.59 Å². The van der Waals surface area contributed by atoms with Gasteiger partial charge >= 0.3 is 5.97 Å². The Morgan fingerprint density at radius 2 is 1.63 bits per heavy atom. The molecule has 1 aliphatic heterocycles. The molecular formula is C15H25NO3. The number of amides is 1. The third-order valence-electron chi connectivity index (χ3n) is 4.55. The van der Waals surface area contributed by atoms with Crippen LogP contribution in [0.15, 0.2) is 0 Å². The lowest BCUT2D eigenvalue weighted by Gasteiger charge is -2.36. The molecule has 0 aromatic carbocycles. The highest BCUT2D eigenvalue weighted by Gasteiger charge is 2.29. The zero-order valence-corrected chi connectivity index (χ0v) is 11.6. The summed E-state index contributed by atoms with van der Waals surface area (Å²) in [5, 5.41) is 8.95. The molecule has 1 heterocycles. The molecule has 2 fully saturated rings. The number of carbonyl (C=O) groups excluding carboxylic acids is 1. The lowest BCUT2D eigenvalue weighted by Crippen LogP contribution is -2.45. The van der Waals surface area contributed by atoms with Gasteiger partial charge in [-0.2, -0.15) is 0 Å². The van der Waals surface area contributed by atoms with Crippen LogP contribution in [0.4, 0.5) is 0 Å². The van der Waals surface area contributed by atoms with Crippen molar-refractivity contribution in [3.05, 3.63) is 0 Å². The highest BCUT2D eigenvalue weighted by atomic mass is 16.4. The number of piperidine rings is 1. The maximum atomic E-state index is 12.4. The minimum Gasteiger partial charge on any atom is -0.481 e. The molecule has 1 N–H and O–H groups in total. The molecule has 0 aromatic heterocycles. The topological polar surface area (TPSA) is 57.6 Å². The van der Waals surface area contributed by atoms with Crippen LogP contribution in [0.2, 0.25) is 0 Å². The van der Waals surface area contributed by atoms with Gasteiger partial charge in [0.05, 0.1) is 6.42 Å². The Morgan fingerprint density at radius 1 is 0.947 bits per heavy atom. The van der Waals surface area contributed by atoms with Crippen molar-refractivity contribution in [2.75, 3.05) is 6.54 Å². The van der Waals surface area contributed by atoms with E-state index in [0.717, 1.165) is 25.8 Å². The van der Waals surface area contributed by atoms with E-state index in [1.807, 2.05) is 4.90 Å². The number of nitrogens with zero attached hydrogens (tertiary/aromatic N) is 1. The van der Waals surface area contributed by atoms with E-state index in [1.165, 1.54) is 32.1 Å². The first-order valence-corrected chi connectivity index (χ1v) is 7.68.